The first kappa shape index (κ1) is 11.7. The second-order valence-electron chi connectivity index (χ2n) is 3.83. The summed E-state index contributed by atoms with van der Waals surface area (Å²) in [5.74, 6) is 1.12. The number of benzene rings is 1. The van der Waals surface area contributed by atoms with Crippen LogP contribution in [0.4, 0.5) is 5.82 Å². The molecule has 2 aromatic heterocycles. The van der Waals surface area contributed by atoms with Gasteiger partial charge in [0.25, 0.3) is 0 Å². The molecule has 0 bridgehead atoms. The highest BCUT2D eigenvalue weighted by Gasteiger charge is 2.07. The van der Waals surface area contributed by atoms with Crippen LogP contribution in [0.25, 0.3) is 11.0 Å². The third-order valence-electron chi connectivity index (χ3n) is 2.52. The lowest BCUT2D eigenvalue weighted by Crippen LogP contribution is -2.11. The minimum absolute atomic E-state index is 0.124. The molecule has 0 saturated heterocycles. The maximum atomic E-state index is 5.89. The number of para-hydroxylation sites is 1. The molecule has 2 heterocycles. The number of nitrogens with two attached hydrogens (primary N) is 1. The number of rotatable bonds is 2. The van der Waals surface area contributed by atoms with E-state index in [0.717, 1.165) is 11.0 Å². The normalized spacial score (nSPS) is 11.9. The molecule has 0 aliphatic carbocycles. The van der Waals surface area contributed by atoms with Crippen molar-refractivity contribution in [2.75, 3.05) is 0 Å². The van der Waals surface area contributed by atoms with Crippen LogP contribution in [0.1, 0.15) is 5.76 Å². The van der Waals surface area contributed by atoms with Gasteiger partial charge in [0.1, 0.15) is 5.58 Å². The van der Waals surface area contributed by atoms with Crippen LogP contribution in [0, 0.1) is 0 Å². The molecule has 0 atom stereocenters. The third kappa shape index (κ3) is 2.41. The van der Waals surface area contributed by atoms with Gasteiger partial charge in [0.2, 0.25) is 5.28 Å². The molecule has 19 heavy (non-hydrogen) atoms. The highest BCUT2D eigenvalue weighted by Crippen LogP contribution is 2.19. The second-order valence-corrected chi connectivity index (χ2v) is 4.17. The molecule has 3 aromatic rings. The minimum Gasteiger partial charge on any atom is -0.453 e. The first-order valence-electron chi connectivity index (χ1n) is 5.54. The van der Waals surface area contributed by atoms with Gasteiger partial charge in [0.05, 0.1) is 0 Å². The lowest BCUT2D eigenvalue weighted by atomic mass is 10.2. The number of amidine groups is 1. The summed E-state index contributed by atoms with van der Waals surface area (Å²) in [6.45, 7) is 0. The lowest BCUT2D eigenvalue weighted by Gasteiger charge is -1.96. The van der Waals surface area contributed by atoms with Crippen molar-refractivity contribution in [2.24, 2.45) is 10.7 Å². The summed E-state index contributed by atoms with van der Waals surface area (Å²) in [6.07, 6.45) is 1.51. The van der Waals surface area contributed by atoms with Crippen molar-refractivity contribution < 1.29 is 4.42 Å². The monoisotopic (exact) mass is 272 g/mol. The maximum absolute atomic E-state index is 5.89. The van der Waals surface area contributed by atoms with Gasteiger partial charge in [-0.15, -0.1) is 0 Å². The summed E-state index contributed by atoms with van der Waals surface area (Å²) >= 11 is 5.68. The van der Waals surface area contributed by atoms with Crippen LogP contribution in [-0.4, -0.2) is 15.8 Å². The Hall–Kier alpha value is -2.40. The van der Waals surface area contributed by atoms with E-state index < -0.39 is 0 Å². The number of hydrogen-bond donors (Lipinski definition) is 1. The van der Waals surface area contributed by atoms with Gasteiger partial charge in [0.15, 0.2) is 17.4 Å². The molecule has 5 nitrogen and oxygen atoms in total. The van der Waals surface area contributed by atoms with Crippen LogP contribution in [0.2, 0.25) is 5.28 Å². The van der Waals surface area contributed by atoms with Gasteiger partial charge in [-0.2, -0.15) is 4.98 Å². The number of aliphatic imine (C=N–C) groups is 1. The lowest BCUT2D eigenvalue weighted by molar-refractivity contribution is 0.604. The van der Waals surface area contributed by atoms with Gasteiger partial charge in [0, 0.05) is 17.6 Å². The average molecular weight is 273 g/mol. The van der Waals surface area contributed by atoms with E-state index in [1.165, 1.54) is 6.20 Å². The van der Waals surface area contributed by atoms with Gasteiger partial charge in [-0.1, -0.05) is 18.2 Å². The summed E-state index contributed by atoms with van der Waals surface area (Å²) < 4.78 is 5.60. The summed E-state index contributed by atoms with van der Waals surface area (Å²) in [5.41, 5.74) is 6.65. The fourth-order valence-electron chi connectivity index (χ4n) is 1.67. The smallest absolute Gasteiger partial charge is 0.224 e. The Bertz CT molecular complexity index is 733. The summed E-state index contributed by atoms with van der Waals surface area (Å²) in [4.78, 5) is 11.9. The molecule has 6 heteroatoms. The first-order chi connectivity index (χ1) is 9.22. The van der Waals surface area contributed by atoms with Gasteiger partial charge < -0.3 is 10.2 Å². The Balaban J connectivity index is 2.01. The third-order valence-corrected chi connectivity index (χ3v) is 2.71. The molecular weight excluding hydrogens is 264 g/mol. The summed E-state index contributed by atoms with van der Waals surface area (Å²) in [7, 11) is 0. The first-order valence-corrected chi connectivity index (χ1v) is 5.92. The average Bonchev–Trinajstić information content (AvgIpc) is 2.82. The van der Waals surface area contributed by atoms with E-state index >= 15 is 0 Å². The number of aromatic nitrogens is 2. The highest BCUT2D eigenvalue weighted by atomic mass is 35.5. The van der Waals surface area contributed by atoms with Crippen LogP contribution in [0.5, 0.6) is 0 Å². The SMILES string of the molecule is NC(=Nc1ccnc(Cl)n1)c1cc2ccccc2o1. The fraction of sp³-hybridized carbons (Fsp3) is 0. The van der Waals surface area contributed by atoms with Crippen molar-refractivity contribution in [3.05, 3.63) is 53.6 Å². The van der Waals surface area contributed by atoms with Gasteiger partial charge in [-0.05, 0) is 23.7 Å². The summed E-state index contributed by atoms with van der Waals surface area (Å²) in [6, 6.07) is 11.1. The molecule has 94 valence electrons. The predicted octanol–water partition coefficient (Wildman–Crippen LogP) is 2.91. The topological polar surface area (TPSA) is 77.3 Å². The van der Waals surface area contributed by atoms with Crippen LogP contribution in [0.15, 0.2) is 52.0 Å². The van der Waals surface area contributed by atoms with E-state index in [2.05, 4.69) is 15.0 Å². The molecule has 3 rings (SSSR count). The van der Waals surface area contributed by atoms with E-state index in [9.17, 15) is 0 Å². The van der Waals surface area contributed by atoms with E-state index in [4.69, 9.17) is 21.8 Å². The molecule has 2 N–H and O–H groups in total. The highest BCUT2D eigenvalue weighted by molar-refractivity contribution is 6.28. The van der Waals surface area contributed by atoms with Crippen molar-refractivity contribution in [2.45, 2.75) is 0 Å². The largest absolute Gasteiger partial charge is 0.453 e. The number of fused-ring (bicyclic) bond motifs is 1. The zero-order chi connectivity index (χ0) is 13.2. The minimum atomic E-state index is 0.124. The number of halogens is 1. The molecule has 0 spiro atoms. The quantitative estimate of drug-likeness (QED) is 0.442. The Labute approximate surface area is 113 Å². The Morgan fingerprint density at radius 2 is 2.11 bits per heavy atom. The van der Waals surface area contributed by atoms with E-state index in [-0.39, 0.29) is 11.1 Å². The van der Waals surface area contributed by atoms with E-state index in [1.807, 2.05) is 30.3 Å². The zero-order valence-electron chi connectivity index (χ0n) is 9.75. The van der Waals surface area contributed by atoms with E-state index in [0.29, 0.717) is 11.6 Å². The van der Waals surface area contributed by atoms with Crippen LogP contribution in [-0.2, 0) is 0 Å². The molecule has 0 radical (unpaired) electrons. The zero-order valence-corrected chi connectivity index (χ0v) is 10.5. The molecule has 1 aromatic carbocycles. The Morgan fingerprint density at radius 1 is 1.26 bits per heavy atom. The Morgan fingerprint density at radius 3 is 2.89 bits per heavy atom. The van der Waals surface area contributed by atoms with Crippen molar-refractivity contribution in [3.8, 4) is 0 Å². The van der Waals surface area contributed by atoms with Crippen molar-refractivity contribution in [1.29, 1.82) is 0 Å². The molecule has 0 saturated carbocycles. The maximum Gasteiger partial charge on any atom is 0.224 e. The molecule has 0 aliphatic heterocycles. The number of nitrogens with zero attached hydrogens (tertiary/aromatic N) is 3. The number of hydrogen-bond acceptors (Lipinski definition) is 4. The van der Waals surface area contributed by atoms with Crippen molar-refractivity contribution in [3.63, 3.8) is 0 Å². The summed E-state index contributed by atoms with van der Waals surface area (Å²) in [5, 5.41) is 1.09. The van der Waals surface area contributed by atoms with Crippen LogP contribution in [0.3, 0.4) is 0 Å². The number of furan rings is 1. The van der Waals surface area contributed by atoms with E-state index in [1.54, 1.807) is 6.07 Å². The molecule has 0 aliphatic rings. The predicted molar refractivity (Wildman–Crippen MR) is 73.6 cm³/mol. The molecule has 0 amide bonds. The van der Waals surface area contributed by atoms with Crippen molar-refractivity contribution >= 4 is 34.2 Å². The van der Waals surface area contributed by atoms with Gasteiger partial charge >= 0.3 is 0 Å². The Kier molecular flexibility index (Phi) is 2.89. The van der Waals surface area contributed by atoms with Gasteiger partial charge in [-0.3, -0.25) is 0 Å². The van der Waals surface area contributed by atoms with Crippen molar-refractivity contribution in [1.82, 2.24) is 9.97 Å². The molecular formula is C13H9ClN4O. The fourth-order valence-corrected chi connectivity index (χ4v) is 1.82. The van der Waals surface area contributed by atoms with Gasteiger partial charge in [-0.25, -0.2) is 9.98 Å². The second kappa shape index (κ2) is 4.70. The van der Waals surface area contributed by atoms with Crippen LogP contribution >= 0.6 is 11.6 Å². The molecule has 0 unspecified atom stereocenters. The molecule has 0 fully saturated rings. The standard InChI is InChI=1S/C13H9ClN4O/c14-13-16-6-5-11(18-13)17-12(15)10-7-8-3-1-2-4-9(8)19-10/h1-7H,(H2,15,16,17,18). The van der Waals surface area contributed by atoms with Crippen LogP contribution < -0.4 is 5.73 Å².